The van der Waals surface area contributed by atoms with Crippen LogP contribution >= 0.6 is 12.2 Å². The van der Waals surface area contributed by atoms with Gasteiger partial charge in [-0.25, -0.2) is 4.39 Å². The minimum Gasteiger partial charge on any atom is -0.298 e. The fourth-order valence-electron chi connectivity index (χ4n) is 2.57. The number of halogens is 1. The molecule has 0 aliphatic carbocycles. The molecule has 1 saturated heterocycles. The summed E-state index contributed by atoms with van der Waals surface area (Å²) in [5.41, 5.74) is 2.48. The Labute approximate surface area is 155 Å². The Kier molecular flexibility index (Phi) is 5.04. The largest absolute Gasteiger partial charge is 0.298 e. The fourth-order valence-corrected chi connectivity index (χ4v) is 2.82. The maximum atomic E-state index is 13.0. The molecule has 1 N–H and O–H groups in total. The first-order valence-corrected chi connectivity index (χ1v) is 8.26. The summed E-state index contributed by atoms with van der Waals surface area (Å²) in [4.78, 5) is 25.9. The molecule has 0 atom stereocenters. The van der Waals surface area contributed by atoms with Gasteiger partial charge in [-0.05, 0) is 47.1 Å². The molecule has 3 rings (SSSR count). The van der Waals surface area contributed by atoms with Crippen LogP contribution in [0.15, 0.2) is 66.8 Å². The zero-order chi connectivity index (χ0) is 18.7. The van der Waals surface area contributed by atoms with E-state index in [-0.39, 0.29) is 23.0 Å². The minimum absolute atomic E-state index is 0.00924. The van der Waals surface area contributed by atoms with E-state index in [2.05, 4.69) is 11.9 Å². The van der Waals surface area contributed by atoms with Gasteiger partial charge >= 0.3 is 0 Å². The van der Waals surface area contributed by atoms with Crippen LogP contribution in [0.2, 0.25) is 0 Å². The van der Waals surface area contributed by atoms with E-state index in [4.69, 9.17) is 12.2 Å². The Morgan fingerprint density at radius 1 is 1.04 bits per heavy atom. The second-order valence-electron chi connectivity index (χ2n) is 5.65. The van der Waals surface area contributed by atoms with Crippen molar-refractivity contribution in [1.29, 1.82) is 0 Å². The number of carbonyl (C=O) groups excluding carboxylic acids is 2. The molecule has 4 nitrogen and oxygen atoms in total. The SMILES string of the molecule is C=CCN1C(=O)/C(=C/c2ccc(-c3ccc(F)cc3)cc2)C(=O)NC1=S. The first-order chi connectivity index (χ1) is 12.5. The summed E-state index contributed by atoms with van der Waals surface area (Å²) < 4.78 is 13.0. The molecule has 26 heavy (non-hydrogen) atoms. The van der Waals surface area contributed by atoms with Crippen molar-refractivity contribution in [2.24, 2.45) is 0 Å². The lowest BCUT2D eigenvalue weighted by Crippen LogP contribution is -2.53. The summed E-state index contributed by atoms with van der Waals surface area (Å²) in [5.74, 6) is -1.27. The predicted molar refractivity (Wildman–Crippen MR) is 102 cm³/mol. The first kappa shape index (κ1) is 17.7. The second kappa shape index (κ2) is 7.41. The van der Waals surface area contributed by atoms with Crippen LogP contribution in [-0.4, -0.2) is 28.4 Å². The van der Waals surface area contributed by atoms with Crippen molar-refractivity contribution < 1.29 is 14.0 Å². The average Bonchev–Trinajstić information content (AvgIpc) is 2.63. The van der Waals surface area contributed by atoms with Crippen LogP contribution in [0.4, 0.5) is 4.39 Å². The van der Waals surface area contributed by atoms with Crippen molar-refractivity contribution in [2.75, 3.05) is 6.54 Å². The normalized spacial score (nSPS) is 16.0. The van der Waals surface area contributed by atoms with Crippen LogP contribution in [-0.2, 0) is 9.59 Å². The summed E-state index contributed by atoms with van der Waals surface area (Å²) in [6.45, 7) is 3.81. The maximum Gasteiger partial charge on any atom is 0.265 e. The number of nitrogens with zero attached hydrogens (tertiary/aromatic N) is 1. The molecule has 0 radical (unpaired) electrons. The summed E-state index contributed by atoms with van der Waals surface area (Å²) in [6, 6.07) is 13.4. The van der Waals surface area contributed by atoms with Gasteiger partial charge in [0.25, 0.3) is 11.8 Å². The summed E-state index contributed by atoms with van der Waals surface area (Å²) in [5, 5.41) is 2.58. The van der Waals surface area contributed by atoms with Gasteiger partial charge in [-0.15, -0.1) is 6.58 Å². The lowest BCUT2D eigenvalue weighted by Gasteiger charge is -2.27. The molecule has 1 fully saturated rings. The van der Waals surface area contributed by atoms with Crippen LogP contribution in [0.1, 0.15) is 5.56 Å². The molecule has 1 aliphatic heterocycles. The van der Waals surface area contributed by atoms with Gasteiger partial charge in [0, 0.05) is 6.54 Å². The molecule has 0 aromatic heterocycles. The maximum absolute atomic E-state index is 13.0. The predicted octanol–water partition coefficient (Wildman–Crippen LogP) is 3.31. The monoisotopic (exact) mass is 366 g/mol. The van der Waals surface area contributed by atoms with Gasteiger partial charge in [-0.1, -0.05) is 42.5 Å². The molecule has 6 heteroatoms. The van der Waals surface area contributed by atoms with E-state index in [9.17, 15) is 14.0 Å². The van der Waals surface area contributed by atoms with Crippen molar-refractivity contribution in [2.45, 2.75) is 0 Å². The third kappa shape index (κ3) is 3.60. The highest BCUT2D eigenvalue weighted by Gasteiger charge is 2.32. The minimum atomic E-state index is -0.525. The van der Waals surface area contributed by atoms with Crippen LogP contribution in [0.5, 0.6) is 0 Å². The van der Waals surface area contributed by atoms with E-state index in [1.54, 1.807) is 24.3 Å². The molecule has 0 unspecified atom stereocenters. The molecular formula is C20H15FN2O2S. The number of carbonyl (C=O) groups is 2. The van der Waals surface area contributed by atoms with Gasteiger partial charge in [-0.2, -0.15) is 0 Å². The zero-order valence-corrected chi connectivity index (χ0v) is 14.6. The molecule has 2 aromatic rings. The number of amides is 2. The van der Waals surface area contributed by atoms with Crippen molar-refractivity contribution >= 4 is 35.2 Å². The topological polar surface area (TPSA) is 49.4 Å². The molecular weight excluding hydrogens is 351 g/mol. The Bertz CT molecular complexity index is 918. The van der Waals surface area contributed by atoms with Crippen molar-refractivity contribution in [1.82, 2.24) is 10.2 Å². The lowest BCUT2D eigenvalue weighted by atomic mass is 10.0. The fraction of sp³-hybridized carbons (Fsp3) is 0.0500. The van der Waals surface area contributed by atoms with E-state index in [1.807, 2.05) is 12.1 Å². The van der Waals surface area contributed by atoms with Crippen molar-refractivity contribution in [3.05, 3.63) is 78.1 Å². The number of benzene rings is 2. The Morgan fingerprint density at radius 2 is 1.62 bits per heavy atom. The number of hydrogen-bond donors (Lipinski definition) is 1. The van der Waals surface area contributed by atoms with Crippen molar-refractivity contribution in [3.63, 3.8) is 0 Å². The summed E-state index contributed by atoms with van der Waals surface area (Å²) in [7, 11) is 0. The molecule has 0 spiro atoms. The average molecular weight is 366 g/mol. The highest BCUT2D eigenvalue weighted by molar-refractivity contribution is 7.80. The van der Waals surface area contributed by atoms with Crippen LogP contribution in [0.3, 0.4) is 0 Å². The highest BCUT2D eigenvalue weighted by Crippen LogP contribution is 2.22. The summed E-state index contributed by atoms with van der Waals surface area (Å²) in [6.07, 6.45) is 3.06. The van der Waals surface area contributed by atoms with E-state index < -0.39 is 11.8 Å². The van der Waals surface area contributed by atoms with E-state index in [0.717, 1.165) is 11.1 Å². The number of thiocarbonyl (C=S) groups is 1. The standard InChI is InChI=1S/C20H15FN2O2S/c1-2-11-23-19(25)17(18(24)22-20(23)26)12-13-3-5-14(6-4-13)15-7-9-16(21)10-8-15/h2-10,12H,1,11H2,(H,22,24,26)/b17-12+. The molecule has 130 valence electrons. The van der Waals surface area contributed by atoms with Crippen LogP contribution in [0.25, 0.3) is 17.2 Å². The van der Waals surface area contributed by atoms with Gasteiger partial charge in [-0.3, -0.25) is 19.8 Å². The molecule has 1 aliphatic rings. The van der Waals surface area contributed by atoms with Crippen LogP contribution in [0, 0.1) is 5.82 Å². The van der Waals surface area contributed by atoms with E-state index >= 15 is 0 Å². The number of hydrogen-bond acceptors (Lipinski definition) is 3. The third-order valence-electron chi connectivity index (χ3n) is 3.90. The van der Waals surface area contributed by atoms with Gasteiger partial charge in [0.1, 0.15) is 11.4 Å². The summed E-state index contributed by atoms with van der Waals surface area (Å²) >= 11 is 5.02. The Balaban J connectivity index is 1.87. The number of nitrogens with one attached hydrogen (secondary N) is 1. The van der Waals surface area contributed by atoms with Crippen molar-refractivity contribution in [3.8, 4) is 11.1 Å². The van der Waals surface area contributed by atoms with E-state index in [1.165, 1.54) is 29.2 Å². The molecule has 2 amide bonds. The Morgan fingerprint density at radius 3 is 2.19 bits per heavy atom. The van der Waals surface area contributed by atoms with Gasteiger partial charge in [0.05, 0.1) is 0 Å². The van der Waals surface area contributed by atoms with Gasteiger partial charge < -0.3 is 0 Å². The lowest BCUT2D eigenvalue weighted by molar-refractivity contribution is -0.128. The second-order valence-corrected chi connectivity index (χ2v) is 6.04. The van der Waals surface area contributed by atoms with E-state index in [0.29, 0.717) is 5.56 Å². The zero-order valence-electron chi connectivity index (χ0n) is 13.7. The highest BCUT2D eigenvalue weighted by atomic mass is 32.1. The first-order valence-electron chi connectivity index (χ1n) is 7.85. The number of rotatable bonds is 4. The molecule has 0 saturated carbocycles. The molecule has 2 aromatic carbocycles. The Hall–Kier alpha value is -3.12. The third-order valence-corrected chi connectivity index (χ3v) is 4.22. The smallest absolute Gasteiger partial charge is 0.265 e. The van der Waals surface area contributed by atoms with Crippen LogP contribution < -0.4 is 5.32 Å². The van der Waals surface area contributed by atoms with Gasteiger partial charge in [0.15, 0.2) is 5.11 Å². The molecule has 1 heterocycles. The van der Waals surface area contributed by atoms with Gasteiger partial charge in [0.2, 0.25) is 0 Å². The molecule has 0 bridgehead atoms. The quantitative estimate of drug-likeness (QED) is 0.391.